The van der Waals surface area contributed by atoms with Crippen molar-refractivity contribution >= 4 is 21.6 Å². The molecule has 0 saturated carbocycles. The molecule has 0 aromatic carbocycles. The maximum absolute atomic E-state index is 9.43. The van der Waals surface area contributed by atoms with Crippen LogP contribution >= 0.6 is 15.9 Å². The van der Waals surface area contributed by atoms with Crippen molar-refractivity contribution in [1.82, 2.24) is 19.6 Å². The number of hydrogen-bond donors (Lipinski definition) is 2. The van der Waals surface area contributed by atoms with Crippen molar-refractivity contribution in [3.05, 3.63) is 22.8 Å². The number of nitrogens with zero attached hydrogens (tertiary/aromatic N) is 4. The van der Waals surface area contributed by atoms with Crippen LogP contribution in [0.2, 0.25) is 0 Å². The standard InChI is InChI=1S/C8H10BrN5O/c9-7-8-13-12-6(3-5(15)4-10)14(8)2-1-11-7/h1-2,5,15H,3-4,10H2. The van der Waals surface area contributed by atoms with Crippen molar-refractivity contribution < 1.29 is 5.11 Å². The van der Waals surface area contributed by atoms with Crippen LogP contribution in [0, 0.1) is 0 Å². The van der Waals surface area contributed by atoms with E-state index in [0.29, 0.717) is 22.5 Å². The first-order valence-electron chi connectivity index (χ1n) is 4.44. The topological polar surface area (TPSA) is 89.3 Å². The molecule has 2 aromatic rings. The van der Waals surface area contributed by atoms with E-state index in [0.717, 1.165) is 0 Å². The van der Waals surface area contributed by atoms with Crippen LogP contribution < -0.4 is 5.73 Å². The number of aliphatic hydroxyl groups excluding tert-OH is 1. The summed E-state index contributed by atoms with van der Waals surface area (Å²) in [5.41, 5.74) is 5.97. The summed E-state index contributed by atoms with van der Waals surface area (Å²) >= 11 is 3.27. The summed E-state index contributed by atoms with van der Waals surface area (Å²) in [4.78, 5) is 4.03. The molecule has 0 fully saturated rings. The Balaban J connectivity index is 2.41. The summed E-state index contributed by atoms with van der Waals surface area (Å²) in [5, 5.41) is 17.4. The molecule has 1 atom stereocenters. The Bertz CT molecular complexity index is 471. The number of nitrogens with two attached hydrogens (primary N) is 1. The monoisotopic (exact) mass is 271 g/mol. The highest BCUT2D eigenvalue weighted by Gasteiger charge is 2.11. The first kappa shape index (κ1) is 10.5. The molecular formula is C8H10BrN5O. The van der Waals surface area contributed by atoms with Crippen molar-refractivity contribution in [2.45, 2.75) is 12.5 Å². The molecule has 3 N–H and O–H groups in total. The molecule has 0 aliphatic carbocycles. The largest absolute Gasteiger partial charge is 0.391 e. The van der Waals surface area contributed by atoms with Crippen LogP contribution in [0.4, 0.5) is 0 Å². The van der Waals surface area contributed by atoms with Gasteiger partial charge in [-0.1, -0.05) is 0 Å². The molecule has 6 nitrogen and oxygen atoms in total. The van der Waals surface area contributed by atoms with Crippen LogP contribution in [0.1, 0.15) is 5.82 Å². The first-order chi connectivity index (χ1) is 7.22. The summed E-state index contributed by atoms with van der Waals surface area (Å²) < 4.78 is 2.40. The molecule has 0 amide bonds. The van der Waals surface area contributed by atoms with E-state index in [-0.39, 0.29) is 6.54 Å². The van der Waals surface area contributed by atoms with E-state index in [9.17, 15) is 5.11 Å². The number of aromatic nitrogens is 4. The molecule has 7 heteroatoms. The van der Waals surface area contributed by atoms with Gasteiger partial charge in [0.15, 0.2) is 10.3 Å². The summed E-state index contributed by atoms with van der Waals surface area (Å²) in [6, 6.07) is 0. The van der Waals surface area contributed by atoms with Gasteiger partial charge in [0, 0.05) is 25.4 Å². The maximum atomic E-state index is 9.43. The lowest BCUT2D eigenvalue weighted by molar-refractivity contribution is 0.180. The normalized spacial score (nSPS) is 13.3. The Hall–Kier alpha value is -1.05. The Morgan fingerprint density at radius 2 is 2.33 bits per heavy atom. The van der Waals surface area contributed by atoms with Gasteiger partial charge in [0.05, 0.1) is 6.10 Å². The third kappa shape index (κ3) is 1.99. The van der Waals surface area contributed by atoms with Crippen molar-refractivity contribution in [3.63, 3.8) is 0 Å². The molecule has 80 valence electrons. The molecule has 0 aliphatic rings. The zero-order valence-corrected chi connectivity index (χ0v) is 9.42. The minimum absolute atomic E-state index is 0.209. The minimum Gasteiger partial charge on any atom is -0.391 e. The summed E-state index contributed by atoms with van der Waals surface area (Å²) in [6.07, 6.45) is 3.18. The van der Waals surface area contributed by atoms with E-state index in [1.807, 2.05) is 0 Å². The lowest BCUT2D eigenvalue weighted by Gasteiger charge is -2.05. The summed E-state index contributed by atoms with van der Waals surface area (Å²) in [6.45, 7) is 0.209. The third-order valence-corrected chi connectivity index (χ3v) is 2.60. The van der Waals surface area contributed by atoms with Crippen LogP contribution in [0.5, 0.6) is 0 Å². The number of rotatable bonds is 3. The number of fused-ring (bicyclic) bond motifs is 1. The average Bonchev–Trinajstić information content (AvgIpc) is 2.63. The molecule has 1 unspecified atom stereocenters. The maximum Gasteiger partial charge on any atom is 0.193 e. The van der Waals surface area contributed by atoms with Gasteiger partial charge < -0.3 is 10.8 Å². The minimum atomic E-state index is -0.593. The van der Waals surface area contributed by atoms with Gasteiger partial charge in [-0.25, -0.2) is 4.98 Å². The second-order valence-corrected chi connectivity index (χ2v) is 3.87. The molecule has 0 spiro atoms. The van der Waals surface area contributed by atoms with Gasteiger partial charge in [0.1, 0.15) is 5.82 Å². The van der Waals surface area contributed by atoms with Gasteiger partial charge in [0.2, 0.25) is 0 Å². The Kier molecular flexibility index (Phi) is 2.94. The second-order valence-electron chi connectivity index (χ2n) is 3.12. The van der Waals surface area contributed by atoms with E-state index < -0.39 is 6.10 Å². The van der Waals surface area contributed by atoms with Crippen LogP contribution in [0.15, 0.2) is 17.0 Å². The van der Waals surface area contributed by atoms with E-state index in [1.54, 1.807) is 16.8 Å². The first-order valence-corrected chi connectivity index (χ1v) is 5.24. The van der Waals surface area contributed by atoms with E-state index >= 15 is 0 Å². The highest BCUT2D eigenvalue weighted by atomic mass is 79.9. The molecule has 2 aromatic heterocycles. The second kappa shape index (κ2) is 4.21. The summed E-state index contributed by atoms with van der Waals surface area (Å²) in [5.74, 6) is 0.672. The summed E-state index contributed by atoms with van der Waals surface area (Å²) in [7, 11) is 0. The van der Waals surface area contributed by atoms with Crippen molar-refractivity contribution in [2.24, 2.45) is 5.73 Å². The molecule has 0 saturated heterocycles. The molecule has 2 heterocycles. The Morgan fingerprint density at radius 1 is 1.53 bits per heavy atom. The van der Waals surface area contributed by atoms with Gasteiger partial charge in [-0.05, 0) is 15.9 Å². The van der Waals surface area contributed by atoms with E-state index in [2.05, 4.69) is 31.1 Å². The number of aliphatic hydroxyl groups is 1. The highest BCUT2D eigenvalue weighted by molar-refractivity contribution is 9.10. The molecule has 2 rings (SSSR count). The fourth-order valence-electron chi connectivity index (χ4n) is 1.28. The fourth-order valence-corrected chi connectivity index (χ4v) is 1.67. The molecule has 15 heavy (non-hydrogen) atoms. The van der Waals surface area contributed by atoms with Crippen molar-refractivity contribution in [3.8, 4) is 0 Å². The fraction of sp³-hybridized carbons (Fsp3) is 0.375. The quantitative estimate of drug-likeness (QED) is 0.804. The predicted molar refractivity (Wildman–Crippen MR) is 57.2 cm³/mol. The molecule has 0 radical (unpaired) electrons. The number of hydrogen-bond acceptors (Lipinski definition) is 5. The van der Waals surface area contributed by atoms with Gasteiger partial charge in [-0.3, -0.25) is 4.40 Å². The SMILES string of the molecule is NCC(O)Cc1nnc2c(Br)nccn12. The van der Waals surface area contributed by atoms with Gasteiger partial charge in [-0.15, -0.1) is 10.2 Å². The van der Waals surface area contributed by atoms with Crippen LogP contribution in [-0.4, -0.2) is 37.3 Å². The lowest BCUT2D eigenvalue weighted by Crippen LogP contribution is -2.23. The third-order valence-electron chi connectivity index (χ3n) is 2.04. The zero-order chi connectivity index (χ0) is 10.8. The molecule has 0 aliphatic heterocycles. The predicted octanol–water partition coefficient (Wildman–Crippen LogP) is -0.251. The lowest BCUT2D eigenvalue weighted by atomic mass is 10.2. The Labute approximate surface area is 94.3 Å². The van der Waals surface area contributed by atoms with Gasteiger partial charge >= 0.3 is 0 Å². The highest BCUT2D eigenvalue weighted by Crippen LogP contribution is 2.13. The average molecular weight is 272 g/mol. The van der Waals surface area contributed by atoms with Crippen molar-refractivity contribution in [1.29, 1.82) is 0 Å². The van der Waals surface area contributed by atoms with E-state index in [1.165, 1.54) is 0 Å². The Morgan fingerprint density at radius 3 is 3.07 bits per heavy atom. The van der Waals surface area contributed by atoms with Crippen LogP contribution in [-0.2, 0) is 6.42 Å². The van der Waals surface area contributed by atoms with Crippen LogP contribution in [0.25, 0.3) is 5.65 Å². The smallest absolute Gasteiger partial charge is 0.193 e. The van der Waals surface area contributed by atoms with E-state index in [4.69, 9.17) is 5.73 Å². The van der Waals surface area contributed by atoms with Crippen LogP contribution in [0.3, 0.4) is 0 Å². The van der Waals surface area contributed by atoms with Gasteiger partial charge in [0.25, 0.3) is 0 Å². The molecular weight excluding hydrogens is 262 g/mol. The number of halogens is 1. The van der Waals surface area contributed by atoms with Gasteiger partial charge in [-0.2, -0.15) is 0 Å². The van der Waals surface area contributed by atoms with Crippen molar-refractivity contribution in [2.75, 3.05) is 6.54 Å². The zero-order valence-electron chi connectivity index (χ0n) is 7.84. The molecule has 0 bridgehead atoms.